The van der Waals surface area contributed by atoms with Crippen molar-refractivity contribution >= 4 is 11.7 Å². The van der Waals surface area contributed by atoms with Crippen LogP contribution in [0.1, 0.15) is 0 Å². The first-order chi connectivity index (χ1) is 6.75. The molecule has 0 bridgehead atoms. The van der Waals surface area contributed by atoms with Crippen molar-refractivity contribution in [2.75, 3.05) is 11.9 Å². The smallest absolute Gasteiger partial charge is 0.268 e. The van der Waals surface area contributed by atoms with Crippen LogP contribution in [0.5, 0.6) is 0 Å². The Labute approximate surface area is 78.5 Å². The van der Waals surface area contributed by atoms with E-state index >= 15 is 0 Å². The molecule has 1 aromatic heterocycles. The summed E-state index contributed by atoms with van der Waals surface area (Å²) in [5.74, 6) is 0.0754. The highest BCUT2D eigenvalue weighted by molar-refractivity contribution is 5.84. The zero-order valence-corrected chi connectivity index (χ0v) is 7.11. The Bertz CT molecular complexity index is 402. The lowest BCUT2D eigenvalue weighted by Crippen LogP contribution is -2.31. The lowest BCUT2D eigenvalue weighted by atomic mass is 10.3. The van der Waals surface area contributed by atoms with Gasteiger partial charge in [0, 0.05) is 6.07 Å². The molecule has 7 heteroatoms. The van der Waals surface area contributed by atoms with Crippen molar-refractivity contribution in [2.45, 2.75) is 6.04 Å². The van der Waals surface area contributed by atoms with Crippen molar-refractivity contribution < 1.29 is 9.63 Å². The van der Waals surface area contributed by atoms with Gasteiger partial charge < -0.3 is 10.3 Å². The second-order valence-electron chi connectivity index (χ2n) is 2.77. The SMILES string of the molecule is O=C1NOCC1Nc1cc(=O)[nH]cn1. The maximum absolute atomic E-state index is 11.1. The lowest BCUT2D eigenvalue weighted by Gasteiger charge is -2.07. The van der Waals surface area contributed by atoms with E-state index in [4.69, 9.17) is 4.84 Å². The van der Waals surface area contributed by atoms with Crippen LogP contribution in [0.15, 0.2) is 17.2 Å². The third-order valence-electron chi connectivity index (χ3n) is 1.74. The Hall–Kier alpha value is -1.89. The summed E-state index contributed by atoms with van der Waals surface area (Å²) in [5.41, 5.74) is 1.91. The molecular formula is C7H8N4O3. The molecule has 0 spiro atoms. The van der Waals surface area contributed by atoms with Crippen molar-refractivity contribution in [3.8, 4) is 0 Å². The number of aromatic nitrogens is 2. The van der Waals surface area contributed by atoms with Gasteiger partial charge in [-0.05, 0) is 0 Å². The zero-order valence-electron chi connectivity index (χ0n) is 7.11. The molecule has 1 amide bonds. The maximum atomic E-state index is 11.1. The molecular weight excluding hydrogens is 188 g/mol. The first-order valence-corrected chi connectivity index (χ1v) is 3.98. The summed E-state index contributed by atoms with van der Waals surface area (Å²) in [6.45, 7) is 0.216. The van der Waals surface area contributed by atoms with Gasteiger partial charge in [0.25, 0.3) is 11.5 Å². The lowest BCUT2D eigenvalue weighted by molar-refractivity contribution is -0.124. The van der Waals surface area contributed by atoms with Crippen molar-refractivity contribution in [1.29, 1.82) is 0 Å². The number of amides is 1. The summed E-state index contributed by atoms with van der Waals surface area (Å²) in [5, 5.41) is 2.76. The minimum Gasteiger partial charge on any atom is -0.356 e. The molecule has 1 saturated heterocycles. The van der Waals surface area contributed by atoms with Crippen LogP contribution in [0.4, 0.5) is 5.82 Å². The highest BCUT2D eigenvalue weighted by atomic mass is 16.7. The summed E-state index contributed by atoms with van der Waals surface area (Å²) in [6, 6.07) is 0.773. The van der Waals surface area contributed by atoms with Gasteiger partial charge in [0.1, 0.15) is 18.5 Å². The number of anilines is 1. The predicted octanol–water partition coefficient (Wildman–Crippen LogP) is -1.39. The second kappa shape index (κ2) is 3.46. The maximum Gasteiger partial charge on any atom is 0.268 e. The minimum atomic E-state index is -0.496. The van der Waals surface area contributed by atoms with E-state index in [1.54, 1.807) is 0 Å². The van der Waals surface area contributed by atoms with E-state index in [0.717, 1.165) is 0 Å². The first-order valence-electron chi connectivity index (χ1n) is 3.98. The van der Waals surface area contributed by atoms with Crippen molar-refractivity contribution in [1.82, 2.24) is 15.4 Å². The fraction of sp³-hybridized carbons (Fsp3) is 0.286. The normalized spacial score (nSPS) is 20.6. The van der Waals surface area contributed by atoms with E-state index in [-0.39, 0.29) is 18.1 Å². The van der Waals surface area contributed by atoms with E-state index in [9.17, 15) is 9.59 Å². The molecule has 1 aliphatic rings. The Morgan fingerprint density at radius 2 is 2.43 bits per heavy atom. The van der Waals surface area contributed by atoms with Gasteiger partial charge in [-0.2, -0.15) is 0 Å². The third-order valence-corrected chi connectivity index (χ3v) is 1.74. The van der Waals surface area contributed by atoms with Crippen molar-refractivity contribution in [3.05, 3.63) is 22.7 Å². The number of hydrogen-bond donors (Lipinski definition) is 3. The van der Waals surface area contributed by atoms with Gasteiger partial charge in [-0.25, -0.2) is 10.5 Å². The van der Waals surface area contributed by atoms with Crippen LogP contribution < -0.4 is 16.4 Å². The number of aromatic amines is 1. The van der Waals surface area contributed by atoms with Crippen molar-refractivity contribution in [2.24, 2.45) is 0 Å². The van der Waals surface area contributed by atoms with Gasteiger partial charge in [0.2, 0.25) is 0 Å². The monoisotopic (exact) mass is 196 g/mol. The van der Waals surface area contributed by atoms with E-state index in [2.05, 4.69) is 20.8 Å². The molecule has 14 heavy (non-hydrogen) atoms. The molecule has 1 unspecified atom stereocenters. The number of hydrogen-bond acceptors (Lipinski definition) is 5. The molecule has 2 rings (SSSR count). The number of H-pyrrole nitrogens is 1. The van der Waals surface area contributed by atoms with Crippen LogP contribution in [0, 0.1) is 0 Å². The fourth-order valence-electron chi connectivity index (χ4n) is 1.08. The molecule has 1 aliphatic heterocycles. The molecule has 7 nitrogen and oxygen atoms in total. The average Bonchev–Trinajstić information content (AvgIpc) is 2.52. The number of carbonyl (C=O) groups excluding carboxylic acids is 1. The molecule has 0 aromatic carbocycles. The van der Waals surface area contributed by atoms with E-state index < -0.39 is 6.04 Å². The molecule has 0 radical (unpaired) electrons. The highest BCUT2D eigenvalue weighted by Crippen LogP contribution is 2.03. The Balaban J connectivity index is 2.10. The molecule has 2 heterocycles. The third kappa shape index (κ3) is 1.72. The van der Waals surface area contributed by atoms with E-state index in [1.165, 1.54) is 12.4 Å². The van der Waals surface area contributed by atoms with Gasteiger partial charge in [-0.1, -0.05) is 0 Å². The fourth-order valence-corrected chi connectivity index (χ4v) is 1.08. The highest BCUT2D eigenvalue weighted by Gasteiger charge is 2.25. The quantitative estimate of drug-likeness (QED) is 0.541. The number of rotatable bonds is 2. The van der Waals surface area contributed by atoms with Gasteiger partial charge >= 0.3 is 0 Å². The average molecular weight is 196 g/mol. The molecule has 74 valence electrons. The summed E-state index contributed by atoms with van der Waals surface area (Å²) in [7, 11) is 0. The number of nitrogens with one attached hydrogen (secondary N) is 3. The number of nitrogens with zero attached hydrogens (tertiary/aromatic N) is 1. The topological polar surface area (TPSA) is 96.1 Å². The number of carbonyl (C=O) groups is 1. The van der Waals surface area contributed by atoms with E-state index in [1.807, 2.05) is 0 Å². The molecule has 1 aromatic rings. The van der Waals surface area contributed by atoms with Gasteiger partial charge in [-0.15, -0.1) is 0 Å². The largest absolute Gasteiger partial charge is 0.356 e. The Morgan fingerprint density at radius 1 is 1.57 bits per heavy atom. The van der Waals surface area contributed by atoms with Gasteiger partial charge in [0.05, 0.1) is 6.33 Å². The molecule has 1 fully saturated rings. The van der Waals surface area contributed by atoms with Crippen LogP contribution in [-0.2, 0) is 9.63 Å². The minimum absolute atomic E-state index is 0.216. The van der Waals surface area contributed by atoms with Crippen molar-refractivity contribution in [3.63, 3.8) is 0 Å². The standard InChI is InChI=1S/C7H8N4O3/c12-6-1-5(8-3-9-6)10-4-2-14-11-7(4)13/h1,3-4H,2H2,(H,11,13)(H2,8,9,10,12). The second-order valence-corrected chi connectivity index (χ2v) is 2.77. The molecule has 1 atom stereocenters. The Kier molecular flexibility index (Phi) is 2.15. The predicted molar refractivity (Wildman–Crippen MR) is 46.4 cm³/mol. The summed E-state index contributed by atoms with van der Waals surface area (Å²) < 4.78 is 0. The van der Waals surface area contributed by atoms with Crippen LogP contribution in [-0.4, -0.2) is 28.5 Å². The summed E-state index contributed by atoms with van der Waals surface area (Å²) >= 11 is 0. The zero-order chi connectivity index (χ0) is 9.97. The van der Waals surface area contributed by atoms with Gasteiger partial charge in [0.15, 0.2) is 0 Å². The first kappa shape index (κ1) is 8.70. The van der Waals surface area contributed by atoms with Crippen LogP contribution in [0.2, 0.25) is 0 Å². The molecule has 3 N–H and O–H groups in total. The number of hydroxylamine groups is 1. The molecule has 0 aliphatic carbocycles. The van der Waals surface area contributed by atoms with Crippen LogP contribution in [0.3, 0.4) is 0 Å². The summed E-state index contributed by atoms with van der Waals surface area (Å²) in [6.07, 6.45) is 1.26. The molecule has 0 saturated carbocycles. The Morgan fingerprint density at radius 3 is 3.07 bits per heavy atom. The van der Waals surface area contributed by atoms with Crippen LogP contribution >= 0.6 is 0 Å². The van der Waals surface area contributed by atoms with E-state index in [0.29, 0.717) is 5.82 Å². The van der Waals surface area contributed by atoms with Crippen LogP contribution in [0.25, 0.3) is 0 Å². The summed E-state index contributed by atoms with van der Waals surface area (Å²) in [4.78, 5) is 32.8. The van der Waals surface area contributed by atoms with Gasteiger partial charge in [-0.3, -0.25) is 14.4 Å².